The third-order valence-corrected chi connectivity index (χ3v) is 3.86. The predicted octanol–water partition coefficient (Wildman–Crippen LogP) is 3.79. The van der Waals surface area contributed by atoms with Gasteiger partial charge in [0.25, 0.3) is 0 Å². The summed E-state index contributed by atoms with van der Waals surface area (Å²) >= 11 is 0. The predicted molar refractivity (Wildman–Crippen MR) is 87.3 cm³/mol. The molecule has 3 heteroatoms. The van der Waals surface area contributed by atoms with E-state index >= 15 is 0 Å². The Kier molecular flexibility index (Phi) is 5.34. The molecule has 1 N–H and O–H groups in total. The van der Waals surface area contributed by atoms with Gasteiger partial charge in [0.2, 0.25) is 0 Å². The lowest BCUT2D eigenvalue weighted by molar-refractivity contribution is 0.575. The maximum atomic E-state index is 13.8. The molecule has 0 aliphatic heterocycles. The van der Waals surface area contributed by atoms with E-state index in [2.05, 4.69) is 36.5 Å². The zero-order chi connectivity index (χ0) is 15.2. The van der Waals surface area contributed by atoms with Crippen LogP contribution in [0.5, 0.6) is 0 Å². The normalized spacial score (nSPS) is 12.2. The van der Waals surface area contributed by atoms with Crippen molar-refractivity contribution < 1.29 is 4.39 Å². The van der Waals surface area contributed by atoms with Gasteiger partial charge in [-0.2, -0.15) is 0 Å². The van der Waals surface area contributed by atoms with Crippen LogP contribution in [0, 0.1) is 5.82 Å². The minimum atomic E-state index is -0.184. The van der Waals surface area contributed by atoms with Crippen molar-refractivity contribution in [3.8, 4) is 0 Å². The molecular formula is C18H23FN2. The molecule has 0 bridgehead atoms. The molecule has 0 radical (unpaired) electrons. The lowest BCUT2D eigenvalue weighted by Gasteiger charge is -2.26. The molecule has 1 atom stereocenters. The van der Waals surface area contributed by atoms with Gasteiger partial charge >= 0.3 is 0 Å². The van der Waals surface area contributed by atoms with E-state index in [9.17, 15) is 4.39 Å². The van der Waals surface area contributed by atoms with E-state index in [1.807, 2.05) is 31.1 Å². The molecule has 2 rings (SSSR count). The molecule has 0 aromatic heterocycles. The van der Waals surface area contributed by atoms with Crippen molar-refractivity contribution in [2.75, 3.05) is 25.5 Å². The number of benzene rings is 2. The maximum Gasteiger partial charge on any atom is 0.146 e. The van der Waals surface area contributed by atoms with Crippen molar-refractivity contribution in [1.29, 1.82) is 0 Å². The molecule has 2 nitrogen and oxygen atoms in total. The Morgan fingerprint density at radius 3 is 2.33 bits per heavy atom. The molecule has 0 heterocycles. The number of halogens is 1. The number of likely N-dealkylation sites (N-methyl/N-ethyl adjacent to an activating group) is 2. The highest BCUT2D eigenvalue weighted by molar-refractivity contribution is 5.47. The van der Waals surface area contributed by atoms with Crippen LogP contribution in [0.25, 0.3) is 0 Å². The van der Waals surface area contributed by atoms with Crippen molar-refractivity contribution in [2.45, 2.75) is 19.4 Å². The maximum absolute atomic E-state index is 13.8. The average Bonchev–Trinajstić information content (AvgIpc) is 2.53. The molecule has 21 heavy (non-hydrogen) atoms. The highest BCUT2D eigenvalue weighted by Gasteiger charge is 2.14. The van der Waals surface area contributed by atoms with Gasteiger partial charge < -0.3 is 10.2 Å². The molecule has 0 fully saturated rings. The molecule has 0 aliphatic rings. The summed E-state index contributed by atoms with van der Waals surface area (Å²) in [7, 11) is 3.86. The SMILES string of the molecule is CCc1ccc(C(CN(C)c2ccccc2F)NC)cc1. The van der Waals surface area contributed by atoms with Gasteiger partial charge in [-0.3, -0.25) is 0 Å². The van der Waals surface area contributed by atoms with Gasteiger partial charge in [0.15, 0.2) is 0 Å². The monoisotopic (exact) mass is 286 g/mol. The van der Waals surface area contributed by atoms with E-state index in [0.29, 0.717) is 12.2 Å². The molecule has 0 aliphatic carbocycles. The Labute approximate surface area is 126 Å². The summed E-state index contributed by atoms with van der Waals surface area (Å²) in [5, 5.41) is 3.31. The van der Waals surface area contributed by atoms with E-state index in [4.69, 9.17) is 0 Å². The van der Waals surface area contributed by atoms with Crippen molar-refractivity contribution in [2.24, 2.45) is 0 Å². The second-order valence-corrected chi connectivity index (χ2v) is 5.27. The molecule has 0 saturated carbocycles. The van der Waals surface area contributed by atoms with Crippen LogP contribution in [0.15, 0.2) is 48.5 Å². The largest absolute Gasteiger partial charge is 0.370 e. The summed E-state index contributed by atoms with van der Waals surface area (Å²) in [6.45, 7) is 2.86. The van der Waals surface area contributed by atoms with Crippen LogP contribution in [0.2, 0.25) is 0 Å². The third kappa shape index (κ3) is 3.82. The van der Waals surface area contributed by atoms with Crippen LogP contribution in [0.3, 0.4) is 0 Å². The molecule has 112 valence electrons. The molecule has 0 amide bonds. The highest BCUT2D eigenvalue weighted by Crippen LogP contribution is 2.21. The number of nitrogens with zero attached hydrogens (tertiary/aromatic N) is 1. The van der Waals surface area contributed by atoms with Gasteiger partial charge in [0.05, 0.1) is 5.69 Å². The first-order valence-electron chi connectivity index (χ1n) is 7.37. The van der Waals surface area contributed by atoms with Crippen LogP contribution in [-0.4, -0.2) is 20.6 Å². The number of anilines is 1. The van der Waals surface area contributed by atoms with Gasteiger partial charge in [-0.05, 0) is 36.7 Å². The molecule has 0 saturated heterocycles. The van der Waals surface area contributed by atoms with Crippen LogP contribution in [0.4, 0.5) is 10.1 Å². The summed E-state index contributed by atoms with van der Waals surface area (Å²) < 4.78 is 13.8. The van der Waals surface area contributed by atoms with Gasteiger partial charge in [0, 0.05) is 19.6 Å². The highest BCUT2D eigenvalue weighted by atomic mass is 19.1. The lowest BCUT2D eigenvalue weighted by atomic mass is 10.0. The minimum Gasteiger partial charge on any atom is -0.370 e. The zero-order valence-electron chi connectivity index (χ0n) is 12.9. The molecule has 2 aromatic rings. The quantitative estimate of drug-likeness (QED) is 0.869. The fourth-order valence-corrected chi connectivity index (χ4v) is 2.48. The Balaban J connectivity index is 2.13. The first-order valence-corrected chi connectivity index (χ1v) is 7.37. The van der Waals surface area contributed by atoms with E-state index in [0.717, 1.165) is 6.42 Å². The first kappa shape index (κ1) is 15.5. The van der Waals surface area contributed by atoms with E-state index in [-0.39, 0.29) is 11.9 Å². The van der Waals surface area contributed by atoms with Crippen molar-refractivity contribution in [3.63, 3.8) is 0 Å². The molecule has 2 aromatic carbocycles. The van der Waals surface area contributed by atoms with Crippen molar-refractivity contribution in [3.05, 3.63) is 65.5 Å². The van der Waals surface area contributed by atoms with Crippen LogP contribution in [-0.2, 0) is 6.42 Å². The summed E-state index contributed by atoms with van der Waals surface area (Å²) in [4.78, 5) is 1.95. The summed E-state index contributed by atoms with van der Waals surface area (Å²) in [5.41, 5.74) is 3.18. The Morgan fingerprint density at radius 1 is 1.10 bits per heavy atom. The van der Waals surface area contributed by atoms with E-state index < -0.39 is 0 Å². The first-order chi connectivity index (χ1) is 10.2. The number of nitrogens with one attached hydrogen (secondary N) is 1. The van der Waals surface area contributed by atoms with Gasteiger partial charge in [-0.25, -0.2) is 4.39 Å². The summed E-state index contributed by atoms with van der Waals surface area (Å²) in [5.74, 6) is -0.184. The van der Waals surface area contributed by atoms with Crippen LogP contribution in [0.1, 0.15) is 24.1 Å². The minimum absolute atomic E-state index is 0.167. The number of hydrogen-bond acceptors (Lipinski definition) is 2. The summed E-state index contributed by atoms with van der Waals surface area (Å²) in [6.07, 6.45) is 1.04. The third-order valence-electron chi connectivity index (χ3n) is 3.86. The Hall–Kier alpha value is -1.87. The second-order valence-electron chi connectivity index (χ2n) is 5.27. The average molecular weight is 286 g/mol. The Bertz CT molecular complexity index is 566. The standard InChI is InChI=1S/C18H23FN2/c1-4-14-9-11-15(12-10-14)17(20-2)13-21(3)18-8-6-5-7-16(18)19/h5-12,17,20H,4,13H2,1-3H3. The number of para-hydroxylation sites is 1. The smallest absolute Gasteiger partial charge is 0.146 e. The zero-order valence-corrected chi connectivity index (χ0v) is 12.9. The van der Waals surface area contributed by atoms with Gasteiger partial charge in [-0.15, -0.1) is 0 Å². The van der Waals surface area contributed by atoms with Gasteiger partial charge in [-0.1, -0.05) is 43.3 Å². The molecule has 1 unspecified atom stereocenters. The Morgan fingerprint density at radius 2 is 1.76 bits per heavy atom. The lowest BCUT2D eigenvalue weighted by Crippen LogP contribution is -2.31. The van der Waals surface area contributed by atoms with Crippen LogP contribution < -0.4 is 10.2 Å². The fourth-order valence-electron chi connectivity index (χ4n) is 2.48. The van der Waals surface area contributed by atoms with Crippen molar-refractivity contribution >= 4 is 5.69 Å². The topological polar surface area (TPSA) is 15.3 Å². The number of hydrogen-bond donors (Lipinski definition) is 1. The number of rotatable bonds is 6. The molecular weight excluding hydrogens is 263 g/mol. The van der Waals surface area contributed by atoms with Crippen LogP contribution >= 0.6 is 0 Å². The van der Waals surface area contributed by atoms with E-state index in [1.165, 1.54) is 17.2 Å². The summed E-state index contributed by atoms with van der Waals surface area (Å²) in [6, 6.07) is 15.7. The fraction of sp³-hybridized carbons (Fsp3) is 0.333. The second kappa shape index (κ2) is 7.23. The van der Waals surface area contributed by atoms with Crippen molar-refractivity contribution in [1.82, 2.24) is 5.32 Å². The van der Waals surface area contributed by atoms with Gasteiger partial charge in [0.1, 0.15) is 5.82 Å². The molecule has 0 spiro atoms. The number of aryl methyl sites for hydroxylation is 1. The van der Waals surface area contributed by atoms with E-state index in [1.54, 1.807) is 6.07 Å².